The van der Waals surface area contributed by atoms with Crippen LogP contribution in [0.4, 0.5) is 0 Å². The monoisotopic (exact) mass is 182 g/mol. The van der Waals surface area contributed by atoms with Gasteiger partial charge < -0.3 is 11.1 Å². The Bertz CT molecular complexity index is 194. The molecule has 0 bridgehead atoms. The molecule has 0 aliphatic heterocycles. The fourth-order valence-corrected chi connectivity index (χ4v) is 1.07. The van der Waals surface area contributed by atoms with Crippen LogP contribution >= 0.6 is 0 Å². The Morgan fingerprint density at radius 2 is 2.23 bits per heavy atom. The number of terminal acetylenes is 1. The Labute approximate surface area is 80.1 Å². The Hall–Kier alpha value is -1.01. The van der Waals surface area contributed by atoms with Crippen molar-refractivity contribution in [3.05, 3.63) is 0 Å². The highest BCUT2D eigenvalue weighted by molar-refractivity contribution is 5.79. The zero-order valence-corrected chi connectivity index (χ0v) is 8.34. The number of rotatable bonds is 5. The van der Waals surface area contributed by atoms with Gasteiger partial charge in [0.15, 0.2) is 0 Å². The molecule has 13 heavy (non-hydrogen) atoms. The first-order chi connectivity index (χ1) is 6.13. The molecule has 74 valence electrons. The van der Waals surface area contributed by atoms with Gasteiger partial charge in [-0.1, -0.05) is 13.8 Å². The van der Waals surface area contributed by atoms with Gasteiger partial charge in [0.2, 0.25) is 5.91 Å². The van der Waals surface area contributed by atoms with E-state index in [1.54, 1.807) is 0 Å². The van der Waals surface area contributed by atoms with Crippen molar-refractivity contribution in [3.63, 3.8) is 0 Å². The predicted molar refractivity (Wildman–Crippen MR) is 53.8 cm³/mol. The number of amides is 1. The lowest BCUT2D eigenvalue weighted by molar-refractivity contribution is -0.125. The molecular weight excluding hydrogens is 164 g/mol. The molecule has 0 fully saturated rings. The highest BCUT2D eigenvalue weighted by Crippen LogP contribution is 2.08. The molecule has 1 amide bonds. The van der Waals surface area contributed by atoms with Crippen LogP contribution in [0.3, 0.4) is 0 Å². The van der Waals surface area contributed by atoms with Crippen molar-refractivity contribution < 1.29 is 4.79 Å². The molecule has 0 aliphatic carbocycles. The van der Waals surface area contributed by atoms with Crippen LogP contribution in [0.1, 0.15) is 20.3 Å². The topological polar surface area (TPSA) is 55.1 Å². The molecule has 3 N–H and O–H groups in total. The van der Waals surface area contributed by atoms with Crippen LogP contribution in [0.25, 0.3) is 0 Å². The Morgan fingerprint density at radius 3 is 2.62 bits per heavy atom. The molecule has 1 atom stereocenters. The van der Waals surface area contributed by atoms with Gasteiger partial charge in [0.05, 0.1) is 5.92 Å². The number of nitrogens with two attached hydrogens (primary N) is 1. The highest BCUT2D eigenvalue weighted by atomic mass is 16.1. The van der Waals surface area contributed by atoms with E-state index < -0.39 is 0 Å². The van der Waals surface area contributed by atoms with Crippen molar-refractivity contribution in [2.75, 3.05) is 13.1 Å². The Kier molecular flexibility index (Phi) is 5.99. The third kappa shape index (κ3) is 4.54. The maximum Gasteiger partial charge on any atom is 0.224 e. The molecule has 3 heteroatoms. The number of hydrogen-bond donors (Lipinski definition) is 2. The van der Waals surface area contributed by atoms with Gasteiger partial charge in [-0.25, -0.2) is 0 Å². The van der Waals surface area contributed by atoms with Crippen molar-refractivity contribution in [2.45, 2.75) is 20.3 Å². The summed E-state index contributed by atoms with van der Waals surface area (Å²) in [6.07, 6.45) is 5.63. The van der Waals surface area contributed by atoms with E-state index in [2.05, 4.69) is 11.2 Å². The first-order valence-corrected chi connectivity index (χ1v) is 4.54. The minimum atomic E-state index is -0.0993. The predicted octanol–water partition coefficient (Wildman–Crippen LogP) is 0.357. The Balaban J connectivity index is 3.86. The maximum absolute atomic E-state index is 11.4. The second kappa shape index (κ2) is 6.50. The summed E-state index contributed by atoms with van der Waals surface area (Å²) in [6.45, 7) is 4.90. The van der Waals surface area contributed by atoms with E-state index in [-0.39, 0.29) is 17.7 Å². The third-order valence-electron chi connectivity index (χ3n) is 1.96. The molecule has 0 radical (unpaired) electrons. The molecule has 0 saturated heterocycles. The van der Waals surface area contributed by atoms with E-state index in [9.17, 15) is 4.79 Å². The average molecular weight is 182 g/mol. The minimum Gasteiger partial charge on any atom is -0.355 e. The molecule has 0 aromatic rings. The lowest BCUT2D eigenvalue weighted by atomic mass is 9.95. The van der Waals surface area contributed by atoms with E-state index in [0.717, 1.165) is 0 Å². The van der Waals surface area contributed by atoms with Crippen LogP contribution in [0, 0.1) is 24.2 Å². The van der Waals surface area contributed by atoms with E-state index in [4.69, 9.17) is 12.2 Å². The van der Waals surface area contributed by atoms with Gasteiger partial charge >= 0.3 is 0 Å². The zero-order valence-electron chi connectivity index (χ0n) is 8.34. The van der Waals surface area contributed by atoms with Crippen LogP contribution in [0.5, 0.6) is 0 Å². The zero-order chi connectivity index (χ0) is 10.3. The SMILES string of the molecule is C#CCCNC(=O)C(CN)C(C)C. The smallest absolute Gasteiger partial charge is 0.224 e. The standard InChI is InChI=1S/C10H18N2O/c1-4-5-6-12-10(13)9(7-11)8(2)3/h1,8-9H,5-7,11H2,2-3H3,(H,12,13). The summed E-state index contributed by atoms with van der Waals surface area (Å²) in [4.78, 5) is 11.4. The van der Waals surface area contributed by atoms with E-state index in [0.29, 0.717) is 19.5 Å². The molecule has 1 unspecified atom stereocenters. The van der Waals surface area contributed by atoms with Gasteiger partial charge in [-0.3, -0.25) is 4.79 Å². The average Bonchev–Trinajstić information content (AvgIpc) is 2.05. The first-order valence-electron chi connectivity index (χ1n) is 4.54. The van der Waals surface area contributed by atoms with Crippen LogP contribution in [-0.4, -0.2) is 19.0 Å². The molecular formula is C10H18N2O. The second-order valence-electron chi connectivity index (χ2n) is 3.33. The fraction of sp³-hybridized carbons (Fsp3) is 0.700. The molecule has 0 saturated carbocycles. The summed E-state index contributed by atoms with van der Waals surface area (Å²) in [5, 5.41) is 2.75. The second-order valence-corrected chi connectivity index (χ2v) is 3.33. The summed E-state index contributed by atoms with van der Waals surface area (Å²) in [7, 11) is 0. The molecule has 0 aromatic heterocycles. The van der Waals surface area contributed by atoms with Gasteiger partial charge in [-0.15, -0.1) is 12.3 Å². The number of carbonyl (C=O) groups is 1. The van der Waals surface area contributed by atoms with Crippen LogP contribution in [0.2, 0.25) is 0 Å². The minimum absolute atomic E-state index is 0.00718. The molecule has 3 nitrogen and oxygen atoms in total. The van der Waals surface area contributed by atoms with Crippen molar-refractivity contribution in [3.8, 4) is 12.3 Å². The normalized spacial score (nSPS) is 12.2. The molecule has 0 aliphatic rings. The maximum atomic E-state index is 11.4. The molecule has 0 spiro atoms. The third-order valence-corrected chi connectivity index (χ3v) is 1.96. The number of hydrogen-bond acceptors (Lipinski definition) is 2. The summed E-state index contributed by atoms with van der Waals surface area (Å²) in [5.41, 5.74) is 5.48. The van der Waals surface area contributed by atoms with Crippen LogP contribution in [-0.2, 0) is 4.79 Å². The lowest BCUT2D eigenvalue weighted by Gasteiger charge is -2.17. The van der Waals surface area contributed by atoms with Crippen LogP contribution < -0.4 is 11.1 Å². The number of nitrogens with one attached hydrogen (secondary N) is 1. The number of carbonyl (C=O) groups excluding carboxylic acids is 1. The highest BCUT2D eigenvalue weighted by Gasteiger charge is 2.19. The summed E-state index contributed by atoms with van der Waals surface area (Å²) in [5.74, 6) is 2.65. The fourth-order valence-electron chi connectivity index (χ4n) is 1.07. The van der Waals surface area contributed by atoms with Gasteiger partial charge in [0.25, 0.3) is 0 Å². The van der Waals surface area contributed by atoms with Gasteiger partial charge in [0, 0.05) is 19.5 Å². The van der Waals surface area contributed by atoms with Gasteiger partial charge in [-0.05, 0) is 5.92 Å². The van der Waals surface area contributed by atoms with Crippen molar-refractivity contribution >= 4 is 5.91 Å². The largest absolute Gasteiger partial charge is 0.355 e. The lowest BCUT2D eigenvalue weighted by Crippen LogP contribution is -2.38. The molecule has 0 aromatic carbocycles. The Morgan fingerprint density at radius 1 is 1.62 bits per heavy atom. The van der Waals surface area contributed by atoms with E-state index in [1.165, 1.54) is 0 Å². The molecule has 0 heterocycles. The summed E-state index contributed by atoms with van der Waals surface area (Å²) < 4.78 is 0. The summed E-state index contributed by atoms with van der Waals surface area (Å²) >= 11 is 0. The first kappa shape index (κ1) is 12.0. The van der Waals surface area contributed by atoms with E-state index in [1.807, 2.05) is 13.8 Å². The van der Waals surface area contributed by atoms with Gasteiger partial charge in [-0.2, -0.15) is 0 Å². The van der Waals surface area contributed by atoms with Crippen LogP contribution in [0.15, 0.2) is 0 Å². The molecule has 0 rings (SSSR count). The van der Waals surface area contributed by atoms with Crippen molar-refractivity contribution in [1.29, 1.82) is 0 Å². The van der Waals surface area contributed by atoms with Gasteiger partial charge in [0.1, 0.15) is 0 Å². The van der Waals surface area contributed by atoms with Crippen molar-refractivity contribution in [1.82, 2.24) is 5.32 Å². The van der Waals surface area contributed by atoms with E-state index >= 15 is 0 Å². The van der Waals surface area contributed by atoms with Crippen molar-refractivity contribution in [2.24, 2.45) is 17.6 Å². The quantitative estimate of drug-likeness (QED) is 0.476. The summed E-state index contributed by atoms with van der Waals surface area (Å²) in [6, 6.07) is 0.